The van der Waals surface area contributed by atoms with E-state index in [1.807, 2.05) is 12.1 Å². The van der Waals surface area contributed by atoms with Gasteiger partial charge >= 0.3 is 0 Å². The Bertz CT molecular complexity index is 488. The lowest BCUT2D eigenvalue weighted by atomic mass is 9.99. The minimum Gasteiger partial charge on any atom is -0.357 e. The normalized spacial score (nSPS) is 22.8. The van der Waals surface area contributed by atoms with Gasteiger partial charge < -0.3 is 15.5 Å². The first kappa shape index (κ1) is 15.3. The fraction of sp³-hybridized carbons (Fsp3) is 0.647. The number of pyridine rings is 1. The van der Waals surface area contributed by atoms with Crippen molar-refractivity contribution in [2.24, 2.45) is 5.92 Å². The van der Waals surface area contributed by atoms with Gasteiger partial charge in [0.25, 0.3) is 5.91 Å². The van der Waals surface area contributed by atoms with Gasteiger partial charge in [-0.15, -0.1) is 0 Å². The Morgan fingerprint density at radius 1 is 1.36 bits per heavy atom. The fourth-order valence-electron chi connectivity index (χ4n) is 3.19. The molecule has 2 N–H and O–H groups in total. The number of hydrogen-bond donors (Lipinski definition) is 2. The Hall–Kier alpha value is -1.62. The van der Waals surface area contributed by atoms with Crippen molar-refractivity contribution in [3.63, 3.8) is 0 Å². The van der Waals surface area contributed by atoms with Crippen molar-refractivity contribution in [3.05, 3.63) is 23.9 Å². The maximum atomic E-state index is 12.1. The smallest absolute Gasteiger partial charge is 0.252 e. The number of aromatic nitrogens is 1. The summed E-state index contributed by atoms with van der Waals surface area (Å²) >= 11 is 0. The van der Waals surface area contributed by atoms with Crippen molar-refractivity contribution < 1.29 is 4.79 Å². The van der Waals surface area contributed by atoms with Gasteiger partial charge in [-0.25, -0.2) is 4.98 Å². The predicted octanol–water partition coefficient (Wildman–Crippen LogP) is 1.80. The maximum absolute atomic E-state index is 12.1. The molecule has 0 aliphatic carbocycles. The molecule has 2 aliphatic rings. The summed E-state index contributed by atoms with van der Waals surface area (Å²) < 4.78 is 0. The van der Waals surface area contributed by atoms with Crippen LogP contribution in [0.15, 0.2) is 18.3 Å². The highest BCUT2D eigenvalue weighted by Crippen LogP contribution is 2.21. The number of carbonyl (C=O) groups excluding carboxylic acids is 1. The van der Waals surface area contributed by atoms with E-state index in [9.17, 15) is 4.79 Å². The number of amides is 1. The molecule has 2 fully saturated rings. The van der Waals surface area contributed by atoms with E-state index >= 15 is 0 Å². The average molecular weight is 302 g/mol. The molecular weight excluding hydrogens is 276 g/mol. The number of anilines is 1. The van der Waals surface area contributed by atoms with Crippen molar-refractivity contribution in [3.8, 4) is 0 Å². The predicted molar refractivity (Wildman–Crippen MR) is 88.2 cm³/mol. The molecule has 1 aromatic rings. The number of carbonyl (C=O) groups is 1. The van der Waals surface area contributed by atoms with E-state index in [0.29, 0.717) is 18.2 Å². The lowest BCUT2D eigenvalue weighted by Gasteiger charge is -2.31. The van der Waals surface area contributed by atoms with E-state index in [2.05, 4.69) is 27.4 Å². The molecule has 3 heterocycles. The van der Waals surface area contributed by atoms with Crippen LogP contribution in [0.4, 0.5) is 5.82 Å². The molecule has 1 atom stereocenters. The van der Waals surface area contributed by atoms with Gasteiger partial charge in [-0.3, -0.25) is 4.79 Å². The molecule has 0 bridgehead atoms. The topological polar surface area (TPSA) is 57.3 Å². The van der Waals surface area contributed by atoms with Crippen LogP contribution in [0.2, 0.25) is 0 Å². The van der Waals surface area contributed by atoms with Gasteiger partial charge in [-0.05, 0) is 50.3 Å². The maximum Gasteiger partial charge on any atom is 0.252 e. The first-order chi connectivity index (χ1) is 10.7. The Morgan fingerprint density at radius 2 is 2.18 bits per heavy atom. The van der Waals surface area contributed by atoms with Gasteiger partial charge in [0.1, 0.15) is 5.82 Å². The molecule has 2 saturated heterocycles. The molecule has 5 heteroatoms. The van der Waals surface area contributed by atoms with E-state index in [-0.39, 0.29) is 5.91 Å². The van der Waals surface area contributed by atoms with Crippen molar-refractivity contribution in [1.82, 2.24) is 15.6 Å². The van der Waals surface area contributed by atoms with E-state index in [1.54, 1.807) is 6.20 Å². The third-order valence-electron chi connectivity index (χ3n) is 4.79. The highest BCUT2D eigenvalue weighted by molar-refractivity contribution is 5.94. The molecule has 1 unspecified atom stereocenters. The van der Waals surface area contributed by atoms with E-state index in [4.69, 9.17) is 0 Å². The van der Waals surface area contributed by atoms with Gasteiger partial charge in [0.05, 0.1) is 5.56 Å². The summed E-state index contributed by atoms with van der Waals surface area (Å²) in [4.78, 5) is 18.9. The number of rotatable bonds is 4. The molecular formula is C17H26N4O. The Kier molecular flexibility index (Phi) is 4.93. The van der Waals surface area contributed by atoms with Crippen molar-refractivity contribution >= 4 is 11.7 Å². The van der Waals surface area contributed by atoms with Crippen LogP contribution < -0.4 is 15.5 Å². The van der Waals surface area contributed by atoms with Crippen molar-refractivity contribution in [2.75, 3.05) is 31.1 Å². The largest absolute Gasteiger partial charge is 0.357 e. The van der Waals surface area contributed by atoms with Gasteiger partial charge in [0, 0.05) is 31.9 Å². The van der Waals surface area contributed by atoms with Crippen LogP contribution in [0.1, 0.15) is 43.0 Å². The summed E-state index contributed by atoms with van der Waals surface area (Å²) in [6.07, 6.45) is 6.48. The highest BCUT2D eigenvalue weighted by atomic mass is 16.1. The molecule has 1 amide bonds. The lowest BCUT2D eigenvalue weighted by molar-refractivity contribution is 0.0950. The summed E-state index contributed by atoms with van der Waals surface area (Å²) in [5.41, 5.74) is 0.645. The van der Waals surface area contributed by atoms with Gasteiger partial charge in [-0.2, -0.15) is 0 Å². The molecule has 2 aliphatic heterocycles. The van der Waals surface area contributed by atoms with Gasteiger partial charge in [-0.1, -0.05) is 6.92 Å². The molecule has 5 nitrogen and oxygen atoms in total. The van der Waals surface area contributed by atoms with Crippen LogP contribution in [0.25, 0.3) is 0 Å². The molecule has 1 aromatic heterocycles. The van der Waals surface area contributed by atoms with Crippen LogP contribution in [0.3, 0.4) is 0 Å². The van der Waals surface area contributed by atoms with E-state index in [1.165, 1.54) is 19.3 Å². The second-order valence-corrected chi connectivity index (χ2v) is 6.58. The lowest BCUT2D eigenvalue weighted by Crippen LogP contribution is -2.37. The molecule has 0 spiro atoms. The Morgan fingerprint density at radius 3 is 2.82 bits per heavy atom. The molecule has 0 radical (unpaired) electrons. The van der Waals surface area contributed by atoms with Crippen molar-refractivity contribution in [2.45, 2.75) is 38.6 Å². The summed E-state index contributed by atoms with van der Waals surface area (Å²) in [5, 5.41) is 6.37. The third kappa shape index (κ3) is 3.77. The monoisotopic (exact) mass is 302 g/mol. The zero-order valence-corrected chi connectivity index (χ0v) is 13.3. The van der Waals surface area contributed by atoms with E-state index in [0.717, 1.165) is 37.8 Å². The second kappa shape index (κ2) is 7.09. The van der Waals surface area contributed by atoms with Crippen molar-refractivity contribution in [1.29, 1.82) is 0 Å². The first-order valence-electron chi connectivity index (χ1n) is 8.45. The number of nitrogens with one attached hydrogen (secondary N) is 2. The SMILES string of the molecule is CC1CCN(c2ccc(C(=O)NCC3CCCN3)cn2)CC1. The van der Waals surface area contributed by atoms with E-state index < -0.39 is 0 Å². The summed E-state index contributed by atoms with van der Waals surface area (Å²) in [7, 11) is 0. The Labute approximate surface area is 132 Å². The van der Waals surface area contributed by atoms with Crippen LogP contribution >= 0.6 is 0 Å². The zero-order valence-electron chi connectivity index (χ0n) is 13.3. The summed E-state index contributed by atoms with van der Waals surface area (Å²) in [5.74, 6) is 1.77. The number of piperidine rings is 1. The summed E-state index contributed by atoms with van der Waals surface area (Å²) in [6, 6.07) is 4.28. The average Bonchev–Trinajstić information content (AvgIpc) is 3.07. The Balaban J connectivity index is 1.53. The second-order valence-electron chi connectivity index (χ2n) is 6.58. The van der Waals surface area contributed by atoms with Gasteiger partial charge in [0.15, 0.2) is 0 Å². The van der Waals surface area contributed by atoms with Crippen LogP contribution in [0.5, 0.6) is 0 Å². The van der Waals surface area contributed by atoms with Gasteiger partial charge in [0.2, 0.25) is 0 Å². The number of hydrogen-bond acceptors (Lipinski definition) is 4. The molecule has 0 saturated carbocycles. The highest BCUT2D eigenvalue weighted by Gasteiger charge is 2.18. The molecule has 3 rings (SSSR count). The minimum atomic E-state index is -0.0278. The minimum absolute atomic E-state index is 0.0278. The third-order valence-corrected chi connectivity index (χ3v) is 4.79. The van der Waals surface area contributed by atoms with Crippen LogP contribution in [-0.2, 0) is 0 Å². The zero-order chi connectivity index (χ0) is 15.4. The molecule has 0 aromatic carbocycles. The number of nitrogens with zero attached hydrogens (tertiary/aromatic N) is 2. The summed E-state index contributed by atoms with van der Waals surface area (Å²) in [6.45, 7) is 6.19. The fourth-order valence-corrected chi connectivity index (χ4v) is 3.19. The quantitative estimate of drug-likeness (QED) is 0.890. The molecule has 22 heavy (non-hydrogen) atoms. The standard InChI is InChI=1S/C17H26N4O/c1-13-6-9-21(10-7-13)16-5-4-14(11-19-16)17(22)20-12-15-3-2-8-18-15/h4-5,11,13,15,18H,2-3,6-10,12H2,1H3,(H,20,22). The first-order valence-corrected chi connectivity index (χ1v) is 8.45. The van der Waals surface area contributed by atoms with Crippen LogP contribution in [-0.4, -0.2) is 43.1 Å². The molecule has 120 valence electrons. The van der Waals surface area contributed by atoms with Crippen LogP contribution in [0, 0.1) is 5.92 Å².